The maximum atomic E-state index is 10.5. The minimum atomic E-state index is -1.66. The SMILES string of the molecule is C.C=CCCCCC(=C)O[Si](C)(C)C(C)(C)C.C=CCCCCC(C)=O.C=C[CH2-].CC.CC.CC.CC.CCCC(C)=O.I[BH-](I)I.I[BH2-]I.O=C1CCCCC1.[BH2-]I.[BH3-].[BH3-]I.[V].[V].[Y]. The second-order valence-electron chi connectivity index (χ2n) is 12.5. The minimum Gasteiger partial charge on any atom is -0.547 e. The van der Waals surface area contributed by atoms with E-state index in [1.165, 1.54) is 18.9 Å². The van der Waals surface area contributed by atoms with Crippen LogP contribution in [0.25, 0.3) is 0 Å². The molecule has 65 heavy (non-hydrogen) atoms. The first-order chi connectivity index (χ1) is 28.2. The van der Waals surface area contributed by atoms with E-state index in [-0.39, 0.29) is 96.8 Å². The molecule has 1 rings (SSSR count). The Balaban J connectivity index is -0.0000000276. The smallest absolute Gasteiger partial charge is 0.250 e. The molecule has 0 heterocycles. The Morgan fingerprint density at radius 2 is 1.05 bits per heavy atom. The fourth-order valence-electron chi connectivity index (χ4n) is 3.14. The molecular weight excluding hydrogens is 1770 g/mol. The molecule has 1 saturated carbocycles. The number of Topliss-reactive ketones (excluding diaryl/α,β-unsaturated/α-hetero) is 3. The van der Waals surface area contributed by atoms with E-state index >= 15 is 0 Å². The van der Waals surface area contributed by atoms with Crippen LogP contribution in [0.1, 0.15) is 201 Å². The van der Waals surface area contributed by atoms with Gasteiger partial charge in [-0.25, -0.2) is 19.6 Å². The quantitative estimate of drug-likeness (QED) is 0.0434. The average molecular weight is 1870 g/mol. The van der Waals surface area contributed by atoms with E-state index in [1.807, 2.05) is 80.2 Å². The number of carbonyl (C=O) groups excluding carboxylic acids is 3. The van der Waals surface area contributed by atoms with Crippen molar-refractivity contribution in [2.24, 2.45) is 0 Å². The first kappa shape index (κ1) is 119. The number of halogens is 7. The van der Waals surface area contributed by atoms with Crippen molar-refractivity contribution in [2.45, 2.75) is 219 Å². The van der Waals surface area contributed by atoms with E-state index < -0.39 is 8.32 Å². The Kier molecular flexibility index (Phi) is 217. The van der Waals surface area contributed by atoms with Gasteiger partial charge in [-0.1, -0.05) is 121 Å². The third-order valence-electron chi connectivity index (χ3n) is 6.52. The first-order valence-corrected chi connectivity index (χ1v) is 35.4. The number of ketones is 3. The zero-order valence-electron chi connectivity index (χ0n) is 43.3. The van der Waals surface area contributed by atoms with Crippen molar-refractivity contribution in [2.75, 3.05) is 0 Å². The van der Waals surface area contributed by atoms with E-state index in [4.69, 9.17) is 4.43 Å². The van der Waals surface area contributed by atoms with Gasteiger partial charge in [-0.3, -0.25) is 4.79 Å². The van der Waals surface area contributed by atoms with Crippen LogP contribution in [0, 0.1) is 6.92 Å². The van der Waals surface area contributed by atoms with Crippen LogP contribution in [0.4, 0.5) is 0 Å². The van der Waals surface area contributed by atoms with Gasteiger partial charge >= 0.3 is 0 Å². The van der Waals surface area contributed by atoms with E-state index in [0.717, 1.165) is 94.9 Å². The maximum Gasteiger partial charge on any atom is 0.250 e. The number of carbonyl (C=O) groups is 3. The molecule has 20 heteroatoms. The molecular formula is C45H106B5I7O4SiV2Y-6. The van der Waals surface area contributed by atoms with Crippen LogP contribution in [-0.4, -0.2) is 48.8 Å². The third-order valence-corrected chi connectivity index (χ3v) is 10.9. The fraction of sp³-hybridized carbons (Fsp3) is 0.733. The molecule has 0 aromatic rings. The van der Waals surface area contributed by atoms with Gasteiger partial charge in [0, 0.05) is 108 Å². The summed E-state index contributed by atoms with van der Waals surface area (Å²) in [6.45, 7) is 50.4. The number of hydrogen-bond donors (Lipinski definition) is 0. The van der Waals surface area contributed by atoms with Gasteiger partial charge in [-0.05, 0) is 89.8 Å². The van der Waals surface area contributed by atoms with Crippen LogP contribution in [0.2, 0.25) is 18.1 Å². The minimum absolute atomic E-state index is 0. The molecule has 1 fully saturated rings. The van der Waals surface area contributed by atoms with Crippen molar-refractivity contribution < 1.29 is 88.6 Å². The van der Waals surface area contributed by atoms with Crippen LogP contribution in [-0.2, 0) is 88.6 Å². The van der Waals surface area contributed by atoms with Gasteiger partial charge in [0.15, 0.2) is 0.282 Å². The maximum absolute atomic E-state index is 10.5. The molecule has 0 atom stereocenters. The standard InChI is InChI=1S/C14H28OSi.C8H14O.C6H10O.C5H10O.C3H5.4C2H6.CH4.BHI3.BH2I2.BH3I.BH2I.BH3.2V.Y/c1-8-9-10-11-12-13(2)15-16(6,7)14(3,4)5;1-3-4-5-6-7-8(2)9;7-6-4-2-1-3-5-6;1-3-4-5(2)6;1-3-2;4*1-2;;2-1(3)4;2-1-3;2*1-2;;;;/h8H,1-2,9-12H2,3-7H3;3H,1,4-7H2,2H3;1-5H2;3-4H2,1-2H3;3H,1-2H2;4*1-2H3;1H4;1H;1H2;1H3;1H2;1H3;;;/q;;;;-1;;;;;;5*-1;;;. The van der Waals surface area contributed by atoms with Crippen LogP contribution in [0.5, 0.6) is 0 Å². The topological polar surface area (TPSA) is 60.4 Å². The van der Waals surface area contributed by atoms with Crippen molar-refractivity contribution in [1.82, 2.24) is 0 Å². The number of allylic oxidation sites excluding steroid dienone is 4. The summed E-state index contributed by atoms with van der Waals surface area (Å²) in [6, 6.07) is 0. The van der Waals surface area contributed by atoms with Crippen molar-refractivity contribution in [3.63, 3.8) is 0 Å². The van der Waals surface area contributed by atoms with Crippen LogP contribution < -0.4 is 0 Å². The monoisotopic (exact) mass is 1870 g/mol. The van der Waals surface area contributed by atoms with E-state index in [9.17, 15) is 14.4 Å². The second-order valence-corrected chi connectivity index (χ2v) is 36.8. The summed E-state index contributed by atoms with van der Waals surface area (Å²) >= 11 is 16.6. The van der Waals surface area contributed by atoms with Gasteiger partial charge in [-0.15, -0.1) is 13.2 Å². The Labute approximate surface area is 560 Å². The molecule has 0 saturated heterocycles. The first-order valence-electron chi connectivity index (χ1n) is 21.5. The van der Waals surface area contributed by atoms with Gasteiger partial charge in [-0.2, -0.15) is 8.41 Å². The zero-order valence-corrected chi connectivity index (χ0v) is 65.1. The molecule has 0 bridgehead atoms. The Morgan fingerprint density at radius 1 is 0.785 bits per heavy atom. The summed E-state index contributed by atoms with van der Waals surface area (Å²) in [6.07, 6.45) is 20.6. The van der Waals surface area contributed by atoms with Crippen molar-refractivity contribution >= 4 is 205 Å². The van der Waals surface area contributed by atoms with Gasteiger partial charge < -0.3 is 171 Å². The summed E-state index contributed by atoms with van der Waals surface area (Å²) in [7, 11) is -1.66. The summed E-state index contributed by atoms with van der Waals surface area (Å²) < 4.78 is 6.70. The molecule has 397 valence electrons. The summed E-state index contributed by atoms with van der Waals surface area (Å²) in [4.78, 5) is 30.9. The number of hydrogen-bond acceptors (Lipinski definition) is 4. The molecule has 1 aliphatic carbocycles. The van der Waals surface area contributed by atoms with E-state index in [2.05, 4.69) is 224 Å². The normalized spacial score (nSPS) is 9.05. The van der Waals surface area contributed by atoms with E-state index in [0.29, 0.717) is 14.6 Å². The number of unbranched alkanes of at least 4 members (excludes halogenated alkanes) is 4. The molecule has 0 unspecified atom stereocenters. The molecule has 0 spiro atoms. The molecule has 4 nitrogen and oxygen atoms in total. The van der Waals surface area contributed by atoms with E-state index in [1.54, 1.807) is 13.8 Å². The van der Waals surface area contributed by atoms with Gasteiger partial charge in [0.25, 0.3) is 0 Å². The predicted molar refractivity (Wildman–Crippen MR) is 379 cm³/mol. The summed E-state index contributed by atoms with van der Waals surface area (Å²) in [5.41, 5.74) is 2.69. The second kappa shape index (κ2) is 118. The number of rotatable bonds is 14. The van der Waals surface area contributed by atoms with Crippen LogP contribution in [0.15, 0.2) is 50.3 Å². The van der Waals surface area contributed by atoms with Crippen molar-refractivity contribution in [1.29, 1.82) is 0 Å². The molecule has 1 aliphatic rings. The zero-order chi connectivity index (χ0) is 51.0. The summed E-state index contributed by atoms with van der Waals surface area (Å²) in [5.74, 6) is 2.01. The third kappa shape index (κ3) is 175. The molecule has 0 aliphatic heterocycles. The largest absolute Gasteiger partial charge is 0.547 e. The Morgan fingerprint density at radius 3 is 1.22 bits per heavy atom. The van der Waals surface area contributed by atoms with Gasteiger partial charge in [0.1, 0.15) is 17.3 Å². The molecule has 5 radical (unpaired) electrons. The predicted octanol–water partition coefficient (Wildman–Crippen LogP) is 17.6. The van der Waals surface area contributed by atoms with Crippen LogP contribution in [0.3, 0.4) is 0 Å². The Hall–Kier alpha value is 5.56. The van der Waals surface area contributed by atoms with Crippen molar-refractivity contribution in [3.05, 3.63) is 57.2 Å². The summed E-state index contributed by atoms with van der Waals surface area (Å²) in [5, 5.41) is 0.261. The molecule has 0 aromatic carbocycles. The van der Waals surface area contributed by atoms with Gasteiger partial charge in [0.05, 0.1) is 8.75 Å². The van der Waals surface area contributed by atoms with Crippen molar-refractivity contribution in [3.8, 4) is 0 Å². The van der Waals surface area contributed by atoms with Crippen LogP contribution >= 0.6 is 157 Å². The fourth-order valence-corrected chi connectivity index (χ4v) is 4.27. The molecule has 0 aromatic heterocycles. The molecule has 0 amide bonds. The van der Waals surface area contributed by atoms with Gasteiger partial charge in [0.2, 0.25) is 8.32 Å². The Bertz CT molecular complexity index is 838. The molecule has 0 N–H and O–H groups in total. The average Bonchev–Trinajstić information content (AvgIpc) is 3.21.